The summed E-state index contributed by atoms with van der Waals surface area (Å²) in [7, 11) is -7.86. The van der Waals surface area contributed by atoms with E-state index in [2.05, 4.69) is 4.72 Å². The van der Waals surface area contributed by atoms with E-state index in [-0.39, 0.29) is 35.0 Å². The molecule has 0 amide bonds. The van der Waals surface area contributed by atoms with Gasteiger partial charge in [0.1, 0.15) is 0 Å². The Morgan fingerprint density at radius 3 is 1.81 bits per heavy atom. The lowest BCUT2D eigenvalue weighted by atomic mass is 10.1. The number of benzene rings is 3. The van der Waals surface area contributed by atoms with Gasteiger partial charge in [-0.05, 0) is 50.1 Å². The van der Waals surface area contributed by atoms with Gasteiger partial charge >= 0.3 is 0 Å². The number of non-ortho nitro benzene ring substituents is 1. The van der Waals surface area contributed by atoms with Gasteiger partial charge in [-0.3, -0.25) is 10.1 Å². The average molecular weight is 532 g/mol. The smallest absolute Gasteiger partial charge is 0.258 e. The molecule has 192 valence electrons. The molecule has 0 aliphatic heterocycles. The van der Waals surface area contributed by atoms with E-state index in [4.69, 9.17) is 0 Å². The monoisotopic (exact) mass is 531 g/mol. The zero-order chi connectivity index (χ0) is 26.5. The Kier molecular flexibility index (Phi) is 8.62. The van der Waals surface area contributed by atoms with Crippen LogP contribution in [0.15, 0.2) is 82.6 Å². The van der Waals surface area contributed by atoms with Crippen LogP contribution in [0.1, 0.15) is 23.6 Å². The molecule has 0 bridgehead atoms. The van der Waals surface area contributed by atoms with Crippen LogP contribution in [-0.4, -0.2) is 45.2 Å². The van der Waals surface area contributed by atoms with Crippen LogP contribution < -0.4 is 4.72 Å². The van der Waals surface area contributed by atoms with Crippen molar-refractivity contribution in [1.82, 2.24) is 9.03 Å². The molecule has 1 N–H and O–H groups in total. The van der Waals surface area contributed by atoms with Crippen LogP contribution in [0.2, 0.25) is 0 Å². The molecule has 0 heterocycles. The zero-order valence-corrected chi connectivity index (χ0v) is 21.9. The highest BCUT2D eigenvalue weighted by Gasteiger charge is 2.31. The van der Waals surface area contributed by atoms with Crippen molar-refractivity contribution in [3.05, 3.63) is 99.6 Å². The van der Waals surface area contributed by atoms with Crippen LogP contribution in [0.3, 0.4) is 0 Å². The van der Waals surface area contributed by atoms with Gasteiger partial charge in [0.25, 0.3) is 5.69 Å². The van der Waals surface area contributed by atoms with Gasteiger partial charge in [-0.25, -0.2) is 21.6 Å². The minimum Gasteiger partial charge on any atom is -0.258 e. The van der Waals surface area contributed by atoms with E-state index in [0.29, 0.717) is 5.56 Å². The fraction of sp³-hybridized carbons (Fsp3) is 0.280. The Morgan fingerprint density at radius 2 is 1.33 bits per heavy atom. The SMILES string of the molecule is CCN(C(CNS(=O)(=O)c1ccc(C)cc1)Cc1ccc([N+](=O)[O-])cc1)S(=O)(=O)c1ccc(C)cc1. The normalized spacial score (nSPS) is 13.0. The number of hydrogen-bond donors (Lipinski definition) is 1. The maximum Gasteiger partial charge on any atom is 0.269 e. The maximum atomic E-state index is 13.5. The fourth-order valence-electron chi connectivity index (χ4n) is 3.78. The van der Waals surface area contributed by atoms with Gasteiger partial charge in [0.2, 0.25) is 20.0 Å². The number of rotatable bonds is 11. The molecule has 0 aliphatic carbocycles. The first-order valence-corrected chi connectivity index (χ1v) is 14.2. The molecule has 36 heavy (non-hydrogen) atoms. The Balaban J connectivity index is 1.95. The van der Waals surface area contributed by atoms with Crippen LogP contribution in [0, 0.1) is 24.0 Å². The summed E-state index contributed by atoms with van der Waals surface area (Å²) < 4.78 is 56.8. The molecular weight excluding hydrogens is 502 g/mol. The molecule has 0 aromatic heterocycles. The number of aryl methyl sites for hydroxylation is 2. The molecular formula is C25H29N3O6S2. The summed E-state index contributed by atoms with van der Waals surface area (Å²) in [6.45, 7) is 5.29. The molecule has 1 unspecified atom stereocenters. The molecule has 0 spiro atoms. The summed E-state index contributed by atoms with van der Waals surface area (Å²) in [4.78, 5) is 10.7. The van der Waals surface area contributed by atoms with Gasteiger partial charge in [-0.1, -0.05) is 54.4 Å². The Bertz CT molecular complexity index is 1400. The Labute approximate surface area is 212 Å². The first-order chi connectivity index (χ1) is 16.9. The molecule has 3 rings (SSSR count). The Morgan fingerprint density at radius 1 is 0.833 bits per heavy atom. The third-order valence-electron chi connectivity index (χ3n) is 5.81. The maximum absolute atomic E-state index is 13.5. The van der Waals surface area contributed by atoms with Crippen molar-refractivity contribution in [3.8, 4) is 0 Å². The minimum absolute atomic E-state index is 0.0756. The van der Waals surface area contributed by atoms with E-state index in [9.17, 15) is 26.9 Å². The second kappa shape index (κ2) is 11.3. The predicted molar refractivity (Wildman–Crippen MR) is 138 cm³/mol. The minimum atomic E-state index is -3.96. The summed E-state index contributed by atoms with van der Waals surface area (Å²) >= 11 is 0. The van der Waals surface area contributed by atoms with Crippen molar-refractivity contribution in [2.75, 3.05) is 13.1 Å². The molecule has 0 saturated carbocycles. The Hall–Kier alpha value is -3.12. The highest BCUT2D eigenvalue weighted by molar-refractivity contribution is 7.89. The summed E-state index contributed by atoms with van der Waals surface area (Å²) in [6.07, 6.45) is 0.146. The average Bonchev–Trinajstić information content (AvgIpc) is 2.83. The number of nitro benzene ring substituents is 1. The number of nitrogens with one attached hydrogen (secondary N) is 1. The molecule has 0 saturated heterocycles. The highest BCUT2D eigenvalue weighted by Crippen LogP contribution is 2.22. The summed E-state index contributed by atoms with van der Waals surface area (Å²) in [5.41, 5.74) is 2.37. The second-order valence-corrected chi connectivity index (χ2v) is 12.1. The van der Waals surface area contributed by atoms with E-state index in [1.54, 1.807) is 43.3 Å². The molecule has 0 aliphatic rings. The number of nitrogens with zero attached hydrogens (tertiary/aromatic N) is 2. The van der Waals surface area contributed by atoms with E-state index >= 15 is 0 Å². The van der Waals surface area contributed by atoms with Crippen LogP contribution in [0.5, 0.6) is 0 Å². The van der Waals surface area contributed by atoms with Gasteiger partial charge in [0.05, 0.1) is 14.7 Å². The molecule has 1 atom stereocenters. The quantitative estimate of drug-likeness (QED) is 0.296. The van der Waals surface area contributed by atoms with Crippen LogP contribution in [-0.2, 0) is 26.5 Å². The zero-order valence-electron chi connectivity index (χ0n) is 20.3. The highest BCUT2D eigenvalue weighted by atomic mass is 32.2. The number of nitro groups is 1. The standard InChI is InChI=1S/C25H29N3O6S2/c1-4-27(36(33,34)25-15-7-20(3)8-16-25)23(17-21-9-11-22(12-10-21)28(29)30)18-26-35(31,32)24-13-5-19(2)6-14-24/h5-16,23,26H,4,17-18H2,1-3H3. The second-order valence-electron chi connectivity index (χ2n) is 8.47. The third kappa shape index (κ3) is 6.55. The molecule has 0 fully saturated rings. The summed E-state index contributed by atoms with van der Waals surface area (Å²) in [5.74, 6) is 0. The van der Waals surface area contributed by atoms with Crippen molar-refractivity contribution in [2.45, 2.75) is 43.0 Å². The van der Waals surface area contributed by atoms with Gasteiger partial charge in [0, 0.05) is 31.3 Å². The van der Waals surface area contributed by atoms with Crippen molar-refractivity contribution < 1.29 is 21.8 Å². The number of sulfonamides is 2. The van der Waals surface area contributed by atoms with Crippen LogP contribution in [0.25, 0.3) is 0 Å². The van der Waals surface area contributed by atoms with Gasteiger partial charge in [-0.2, -0.15) is 4.31 Å². The van der Waals surface area contributed by atoms with Crippen LogP contribution in [0.4, 0.5) is 5.69 Å². The summed E-state index contributed by atoms with van der Waals surface area (Å²) in [5, 5.41) is 11.0. The lowest BCUT2D eigenvalue weighted by Crippen LogP contribution is -2.48. The predicted octanol–water partition coefficient (Wildman–Crippen LogP) is 3.81. The molecule has 9 nitrogen and oxygen atoms in total. The molecule has 0 radical (unpaired) electrons. The molecule has 11 heteroatoms. The third-order valence-corrected chi connectivity index (χ3v) is 9.29. The van der Waals surface area contributed by atoms with E-state index in [1.165, 1.54) is 40.7 Å². The largest absolute Gasteiger partial charge is 0.269 e. The lowest BCUT2D eigenvalue weighted by Gasteiger charge is -2.30. The van der Waals surface area contributed by atoms with E-state index < -0.39 is 31.0 Å². The first-order valence-electron chi connectivity index (χ1n) is 11.3. The van der Waals surface area contributed by atoms with Gasteiger partial charge in [0.15, 0.2) is 0 Å². The van der Waals surface area contributed by atoms with Crippen molar-refractivity contribution in [2.24, 2.45) is 0 Å². The lowest BCUT2D eigenvalue weighted by molar-refractivity contribution is -0.384. The van der Waals surface area contributed by atoms with Crippen molar-refractivity contribution in [3.63, 3.8) is 0 Å². The molecule has 3 aromatic carbocycles. The van der Waals surface area contributed by atoms with Crippen LogP contribution >= 0.6 is 0 Å². The number of likely N-dealkylation sites (N-methyl/N-ethyl adjacent to an activating group) is 1. The topological polar surface area (TPSA) is 127 Å². The van der Waals surface area contributed by atoms with E-state index in [0.717, 1.165) is 11.1 Å². The first kappa shape index (κ1) is 27.5. The van der Waals surface area contributed by atoms with Gasteiger partial charge in [-0.15, -0.1) is 0 Å². The number of hydrogen-bond acceptors (Lipinski definition) is 6. The summed E-state index contributed by atoms with van der Waals surface area (Å²) in [6, 6.07) is 17.8. The van der Waals surface area contributed by atoms with Crippen molar-refractivity contribution in [1.29, 1.82) is 0 Å². The fourth-order valence-corrected chi connectivity index (χ4v) is 6.48. The van der Waals surface area contributed by atoms with Gasteiger partial charge < -0.3 is 0 Å². The molecule has 3 aromatic rings. The van der Waals surface area contributed by atoms with E-state index in [1.807, 2.05) is 13.8 Å². The van der Waals surface area contributed by atoms with Crippen molar-refractivity contribution >= 4 is 25.7 Å².